The third-order valence-electron chi connectivity index (χ3n) is 4.84. The molecule has 1 aliphatic rings. The lowest BCUT2D eigenvalue weighted by Gasteiger charge is -2.28. The van der Waals surface area contributed by atoms with Crippen LogP contribution < -0.4 is 14.8 Å². The fraction of sp³-hybridized carbons (Fsp3) is 0.364. The van der Waals surface area contributed by atoms with Crippen LogP contribution >= 0.6 is 0 Å². The number of nitrogens with zero attached hydrogens (tertiary/aromatic N) is 1. The van der Waals surface area contributed by atoms with Crippen LogP contribution in [0.4, 0.5) is 0 Å². The molecule has 28 heavy (non-hydrogen) atoms. The zero-order chi connectivity index (χ0) is 19.9. The van der Waals surface area contributed by atoms with Crippen molar-refractivity contribution in [1.82, 2.24) is 10.2 Å². The molecule has 0 spiro atoms. The number of benzene rings is 2. The number of ether oxygens (including phenoxy) is 2. The maximum Gasteiger partial charge on any atom is 0.242 e. The Bertz CT molecular complexity index is 823. The number of rotatable bonds is 7. The van der Waals surface area contributed by atoms with Crippen molar-refractivity contribution in [3.8, 4) is 11.5 Å². The first-order valence-electron chi connectivity index (χ1n) is 9.52. The Kier molecular flexibility index (Phi) is 6.53. The van der Waals surface area contributed by atoms with E-state index >= 15 is 0 Å². The minimum absolute atomic E-state index is 0.0603. The van der Waals surface area contributed by atoms with Crippen LogP contribution in [0, 0.1) is 0 Å². The van der Waals surface area contributed by atoms with Crippen molar-refractivity contribution in [3.05, 3.63) is 59.7 Å². The summed E-state index contributed by atoms with van der Waals surface area (Å²) in [5.41, 5.74) is 2.00. The highest BCUT2D eigenvalue weighted by atomic mass is 16.6. The zero-order valence-corrected chi connectivity index (χ0v) is 16.3. The highest BCUT2D eigenvalue weighted by molar-refractivity contribution is 5.87. The minimum atomic E-state index is -0.544. The Hall–Kier alpha value is -3.02. The number of carbonyl (C=O) groups is 2. The molecular weight excluding hydrogens is 356 g/mol. The molecule has 6 heteroatoms. The molecule has 3 rings (SSSR count). The average Bonchev–Trinajstić information content (AvgIpc) is 2.75. The molecule has 1 heterocycles. The van der Waals surface area contributed by atoms with Crippen molar-refractivity contribution in [2.24, 2.45) is 0 Å². The topological polar surface area (TPSA) is 67.9 Å². The first kappa shape index (κ1) is 19.7. The predicted octanol–water partition coefficient (Wildman–Crippen LogP) is 2.55. The maximum absolute atomic E-state index is 13.0. The number of aryl methyl sites for hydroxylation is 1. The summed E-state index contributed by atoms with van der Waals surface area (Å²) in [6.45, 7) is 3.24. The SMILES string of the molecule is CNC(=O)C(C)N(Cc1ccccc1)C(=O)CCc1ccc2c(c1)OCCO2. The highest BCUT2D eigenvalue weighted by Gasteiger charge is 2.25. The van der Waals surface area contributed by atoms with Crippen LogP contribution in [0.5, 0.6) is 11.5 Å². The number of hydrogen-bond acceptors (Lipinski definition) is 4. The quantitative estimate of drug-likeness (QED) is 0.799. The molecule has 0 aromatic heterocycles. The standard InChI is InChI=1S/C22H26N2O4/c1-16(22(26)23-2)24(15-18-6-4-3-5-7-18)21(25)11-9-17-8-10-19-20(14-17)28-13-12-27-19/h3-8,10,14,16H,9,11-13,15H2,1-2H3,(H,23,26). The molecule has 1 N–H and O–H groups in total. The van der Waals surface area contributed by atoms with Gasteiger partial charge in [-0.3, -0.25) is 9.59 Å². The third-order valence-corrected chi connectivity index (χ3v) is 4.84. The third kappa shape index (κ3) is 4.82. The smallest absolute Gasteiger partial charge is 0.242 e. The number of fused-ring (bicyclic) bond motifs is 1. The van der Waals surface area contributed by atoms with E-state index in [0.717, 1.165) is 22.6 Å². The molecule has 1 aliphatic heterocycles. The van der Waals surface area contributed by atoms with E-state index in [1.54, 1.807) is 18.9 Å². The summed E-state index contributed by atoms with van der Waals surface area (Å²) in [5, 5.41) is 2.63. The normalized spacial score (nSPS) is 13.5. The Morgan fingerprint density at radius 3 is 2.46 bits per heavy atom. The molecular formula is C22H26N2O4. The van der Waals surface area contributed by atoms with Gasteiger partial charge < -0.3 is 19.7 Å². The number of hydrogen-bond donors (Lipinski definition) is 1. The van der Waals surface area contributed by atoms with Gasteiger partial charge in [-0.1, -0.05) is 36.4 Å². The molecule has 0 aliphatic carbocycles. The van der Waals surface area contributed by atoms with Gasteiger partial charge in [0.2, 0.25) is 11.8 Å². The van der Waals surface area contributed by atoms with Crippen LogP contribution in [0.25, 0.3) is 0 Å². The van der Waals surface area contributed by atoms with E-state index in [2.05, 4.69) is 5.32 Å². The number of carbonyl (C=O) groups excluding carboxylic acids is 2. The average molecular weight is 382 g/mol. The Labute approximate surface area is 165 Å². The molecule has 0 saturated carbocycles. The van der Waals surface area contributed by atoms with Gasteiger partial charge in [0.15, 0.2) is 11.5 Å². The largest absolute Gasteiger partial charge is 0.486 e. The van der Waals surface area contributed by atoms with Gasteiger partial charge in [0.1, 0.15) is 19.3 Å². The van der Waals surface area contributed by atoms with E-state index in [0.29, 0.717) is 32.6 Å². The van der Waals surface area contributed by atoms with Crippen molar-refractivity contribution < 1.29 is 19.1 Å². The second-order valence-corrected chi connectivity index (χ2v) is 6.78. The molecule has 0 bridgehead atoms. The lowest BCUT2D eigenvalue weighted by molar-refractivity contribution is -0.140. The summed E-state index contributed by atoms with van der Waals surface area (Å²) in [5.74, 6) is 1.22. The van der Waals surface area contributed by atoms with Gasteiger partial charge in [-0.25, -0.2) is 0 Å². The monoisotopic (exact) mass is 382 g/mol. The van der Waals surface area contributed by atoms with Gasteiger partial charge in [-0.15, -0.1) is 0 Å². The van der Waals surface area contributed by atoms with E-state index in [9.17, 15) is 9.59 Å². The fourth-order valence-electron chi connectivity index (χ4n) is 3.21. The van der Waals surface area contributed by atoms with E-state index in [1.807, 2.05) is 48.5 Å². The molecule has 148 valence electrons. The van der Waals surface area contributed by atoms with Gasteiger partial charge in [0, 0.05) is 20.0 Å². The summed E-state index contributed by atoms with van der Waals surface area (Å²) >= 11 is 0. The highest BCUT2D eigenvalue weighted by Crippen LogP contribution is 2.31. The molecule has 6 nitrogen and oxygen atoms in total. The lowest BCUT2D eigenvalue weighted by Crippen LogP contribution is -2.46. The lowest BCUT2D eigenvalue weighted by atomic mass is 10.1. The predicted molar refractivity (Wildman–Crippen MR) is 106 cm³/mol. The van der Waals surface area contributed by atoms with Gasteiger partial charge in [0.25, 0.3) is 0 Å². The first-order valence-corrected chi connectivity index (χ1v) is 9.52. The van der Waals surface area contributed by atoms with Crippen molar-refractivity contribution >= 4 is 11.8 Å². The Morgan fingerprint density at radius 2 is 1.75 bits per heavy atom. The van der Waals surface area contributed by atoms with E-state index in [1.165, 1.54) is 0 Å². The summed E-state index contributed by atoms with van der Waals surface area (Å²) < 4.78 is 11.1. The molecule has 2 amide bonds. The summed E-state index contributed by atoms with van der Waals surface area (Å²) in [7, 11) is 1.58. The zero-order valence-electron chi connectivity index (χ0n) is 16.3. The van der Waals surface area contributed by atoms with E-state index in [4.69, 9.17) is 9.47 Å². The van der Waals surface area contributed by atoms with Gasteiger partial charge in [0.05, 0.1) is 0 Å². The van der Waals surface area contributed by atoms with E-state index < -0.39 is 6.04 Å². The van der Waals surface area contributed by atoms with Gasteiger partial charge in [-0.05, 0) is 36.6 Å². The van der Waals surface area contributed by atoms with E-state index in [-0.39, 0.29) is 11.8 Å². The van der Waals surface area contributed by atoms with Crippen molar-refractivity contribution in [1.29, 1.82) is 0 Å². The Morgan fingerprint density at radius 1 is 1.04 bits per heavy atom. The van der Waals surface area contributed by atoms with Gasteiger partial charge in [-0.2, -0.15) is 0 Å². The van der Waals surface area contributed by atoms with Crippen LogP contribution in [0.15, 0.2) is 48.5 Å². The summed E-state index contributed by atoms with van der Waals surface area (Å²) in [4.78, 5) is 26.7. The Balaban J connectivity index is 1.69. The van der Waals surface area contributed by atoms with Crippen LogP contribution in [-0.2, 0) is 22.6 Å². The van der Waals surface area contributed by atoms with Crippen LogP contribution in [0.3, 0.4) is 0 Å². The first-order chi connectivity index (χ1) is 13.6. The van der Waals surface area contributed by atoms with Crippen LogP contribution in [0.1, 0.15) is 24.5 Å². The fourth-order valence-corrected chi connectivity index (χ4v) is 3.21. The van der Waals surface area contributed by atoms with Crippen molar-refractivity contribution in [2.75, 3.05) is 20.3 Å². The molecule has 1 atom stereocenters. The molecule has 0 saturated heterocycles. The molecule has 2 aromatic rings. The number of likely N-dealkylation sites (N-methyl/N-ethyl adjacent to an activating group) is 1. The molecule has 0 fully saturated rings. The second kappa shape index (κ2) is 9.26. The maximum atomic E-state index is 13.0. The van der Waals surface area contributed by atoms with Gasteiger partial charge >= 0.3 is 0 Å². The second-order valence-electron chi connectivity index (χ2n) is 6.78. The van der Waals surface area contributed by atoms with Crippen molar-refractivity contribution in [2.45, 2.75) is 32.4 Å². The summed E-state index contributed by atoms with van der Waals surface area (Å²) in [6, 6.07) is 14.9. The summed E-state index contributed by atoms with van der Waals surface area (Å²) in [6.07, 6.45) is 0.884. The molecule has 0 radical (unpaired) electrons. The molecule has 1 unspecified atom stereocenters. The minimum Gasteiger partial charge on any atom is -0.486 e. The number of amides is 2. The number of nitrogens with one attached hydrogen (secondary N) is 1. The molecule has 2 aromatic carbocycles. The van der Waals surface area contributed by atoms with Crippen LogP contribution in [0.2, 0.25) is 0 Å². The van der Waals surface area contributed by atoms with Crippen molar-refractivity contribution in [3.63, 3.8) is 0 Å². The van der Waals surface area contributed by atoms with Crippen LogP contribution in [-0.4, -0.2) is 43.0 Å².